The van der Waals surface area contributed by atoms with E-state index in [1.54, 1.807) is 19.1 Å². The Kier molecular flexibility index (Phi) is 5.43. The summed E-state index contributed by atoms with van der Waals surface area (Å²) in [5.74, 6) is 0. The molecule has 0 radical (unpaired) electrons. The number of halogens is 3. The Morgan fingerprint density at radius 3 is 2.05 bits per heavy atom. The van der Waals surface area contributed by atoms with Crippen LogP contribution < -0.4 is 0 Å². The number of benzene rings is 1. The number of hydrogen-bond acceptors (Lipinski definition) is 2. The van der Waals surface area contributed by atoms with Crippen LogP contribution in [0.1, 0.15) is 33.3 Å². The molecule has 1 unspecified atom stereocenters. The zero-order valence-electron chi connectivity index (χ0n) is 11.6. The number of hydrogen-bond donors (Lipinski definition) is 0. The molecule has 0 fully saturated rings. The van der Waals surface area contributed by atoms with Gasteiger partial charge in [0.1, 0.15) is 11.0 Å². The fourth-order valence-corrected chi connectivity index (χ4v) is 2.38. The highest BCUT2D eigenvalue weighted by atomic mass is 32.2. The predicted molar refractivity (Wildman–Crippen MR) is 78.5 cm³/mol. The molecule has 1 atom stereocenters. The molecule has 1 aromatic rings. The summed E-state index contributed by atoms with van der Waals surface area (Å²) in [6.07, 6.45) is 0. The predicted octanol–water partition coefficient (Wildman–Crippen LogP) is 4.57. The summed E-state index contributed by atoms with van der Waals surface area (Å²) in [5.41, 5.74) is -3.09. The monoisotopic (exact) mass is 323 g/mol. The van der Waals surface area contributed by atoms with Crippen molar-refractivity contribution in [1.82, 2.24) is 0 Å². The summed E-state index contributed by atoms with van der Waals surface area (Å²) in [5, 5.41) is 0. The number of alkyl halides is 3. The van der Waals surface area contributed by atoms with Gasteiger partial charge in [-0.15, -0.1) is 0 Å². The largest absolute Gasteiger partial charge is 0.446 e. The second-order valence-electron chi connectivity index (χ2n) is 5.11. The van der Waals surface area contributed by atoms with E-state index in [4.69, 9.17) is 0 Å². The molecule has 1 rings (SSSR count). The van der Waals surface area contributed by atoms with Gasteiger partial charge >= 0.3 is 5.51 Å². The van der Waals surface area contributed by atoms with Crippen molar-refractivity contribution in [1.29, 1.82) is 0 Å². The van der Waals surface area contributed by atoms with E-state index >= 15 is 0 Å². The van der Waals surface area contributed by atoms with Gasteiger partial charge in [-0.05, 0) is 57.2 Å². The minimum atomic E-state index is -4.29. The van der Waals surface area contributed by atoms with Crippen LogP contribution in [0.4, 0.5) is 13.2 Å². The zero-order valence-corrected chi connectivity index (χ0v) is 13.2. The van der Waals surface area contributed by atoms with Crippen LogP contribution in [-0.2, 0) is 11.0 Å². The average molecular weight is 323 g/mol. The Balaban J connectivity index is 2.89. The molecule has 0 saturated heterocycles. The van der Waals surface area contributed by atoms with E-state index in [0.717, 1.165) is 0 Å². The van der Waals surface area contributed by atoms with E-state index in [1.807, 2.05) is 20.8 Å². The van der Waals surface area contributed by atoms with Gasteiger partial charge < -0.3 is 0 Å². The van der Waals surface area contributed by atoms with E-state index in [-0.39, 0.29) is 16.7 Å². The van der Waals surface area contributed by atoms with Crippen LogP contribution in [0, 0.1) is 0 Å². The zero-order chi connectivity index (χ0) is 15.6. The Labute approximate surface area is 123 Å². The van der Waals surface area contributed by atoms with Crippen molar-refractivity contribution >= 4 is 28.5 Å². The minimum Gasteiger partial charge on any atom is -0.234 e. The van der Waals surface area contributed by atoms with Gasteiger partial charge in [-0.1, -0.05) is 12.1 Å². The lowest BCUT2D eigenvalue weighted by atomic mass is 10.1. The van der Waals surface area contributed by atoms with Crippen LogP contribution in [0.2, 0.25) is 0 Å². The average Bonchev–Trinajstić information content (AvgIpc) is 2.26. The maximum Gasteiger partial charge on any atom is 0.446 e. The summed E-state index contributed by atoms with van der Waals surface area (Å²) >= 11 is -0.161. The fraction of sp³-hybridized carbons (Fsp3) is 0.462. The highest BCUT2D eigenvalue weighted by Gasteiger charge is 2.29. The first-order valence-corrected chi connectivity index (χ1v) is 7.75. The maximum absolute atomic E-state index is 12.2. The van der Waals surface area contributed by atoms with Gasteiger partial charge in [0.05, 0.1) is 10.5 Å². The van der Waals surface area contributed by atoms with Gasteiger partial charge in [-0.2, -0.15) is 17.6 Å². The number of thioether (sulfide) groups is 1. The molecule has 2 nitrogen and oxygen atoms in total. The van der Waals surface area contributed by atoms with Crippen molar-refractivity contribution in [3.63, 3.8) is 0 Å². The molecule has 0 aliphatic heterocycles. The lowest BCUT2D eigenvalue weighted by molar-refractivity contribution is -0.0328. The molecule has 0 N–H and O–H groups in total. The molecule has 112 valence electrons. The quantitative estimate of drug-likeness (QED) is 0.602. The van der Waals surface area contributed by atoms with E-state index in [0.29, 0.717) is 11.3 Å². The smallest absolute Gasteiger partial charge is 0.234 e. The van der Waals surface area contributed by atoms with Crippen molar-refractivity contribution in [2.45, 2.75) is 42.8 Å². The highest BCUT2D eigenvalue weighted by molar-refractivity contribution is 8.00. The molecular weight excluding hydrogens is 307 g/mol. The SMILES string of the molecule is CC(=NS(=O)C(C)(C)C)c1ccc(SC(F)(F)F)cc1. The molecule has 1 aromatic carbocycles. The normalized spacial score (nSPS) is 15.2. The van der Waals surface area contributed by atoms with Gasteiger partial charge in [0.15, 0.2) is 0 Å². The van der Waals surface area contributed by atoms with Gasteiger partial charge in [-0.3, -0.25) is 0 Å². The second kappa shape index (κ2) is 6.30. The van der Waals surface area contributed by atoms with Crippen LogP contribution in [0.3, 0.4) is 0 Å². The second-order valence-corrected chi connectivity index (χ2v) is 8.15. The third-order valence-corrected chi connectivity index (χ3v) is 4.48. The molecule has 0 aliphatic carbocycles. The first kappa shape index (κ1) is 17.2. The van der Waals surface area contributed by atoms with E-state index < -0.39 is 21.2 Å². The summed E-state index contributed by atoms with van der Waals surface area (Å²) in [7, 11) is -1.39. The molecule has 0 spiro atoms. The van der Waals surface area contributed by atoms with Crippen molar-refractivity contribution < 1.29 is 17.4 Å². The fourth-order valence-electron chi connectivity index (χ4n) is 1.21. The molecule has 0 saturated carbocycles. The third kappa shape index (κ3) is 5.66. The van der Waals surface area contributed by atoms with Crippen LogP contribution in [-0.4, -0.2) is 20.2 Å². The van der Waals surface area contributed by atoms with Crippen LogP contribution in [0.25, 0.3) is 0 Å². The Hall–Kier alpha value is -0.820. The van der Waals surface area contributed by atoms with Gasteiger partial charge in [0, 0.05) is 4.90 Å². The highest BCUT2D eigenvalue weighted by Crippen LogP contribution is 2.36. The van der Waals surface area contributed by atoms with Gasteiger partial charge in [0.25, 0.3) is 0 Å². The van der Waals surface area contributed by atoms with Crippen LogP contribution in [0.15, 0.2) is 33.6 Å². The number of nitrogens with zero attached hydrogens (tertiary/aromatic N) is 1. The first-order valence-electron chi connectivity index (χ1n) is 5.82. The Morgan fingerprint density at radius 2 is 1.65 bits per heavy atom. The summed E-state index contributed by atoms with van der Waals surface area (Å²) in [6.45, 7) is 7.12. The molecule has 0 aliphatic rings. The standard InChI is InChI=1S/C13H16F3NOS2/c1-9(17-20(18)12(2,3)4)10-5-7-11(8-6-10)19-13(14,15)16/h5-8H,1-4H3. The Morgan fingerprint density at radius 1 is 1.15 bits per heavy atom. The summed E-state index contributed by atoms with van der Waals surface area (Å²) < 4.78 is 52.1. The van der Waals surface area contributed by atoms with Crippen molar-refractivity contribution in [2.75, 3.05) is 0 Å². The van der Waals surface area contributed by atoms with Crippen LogP contribution >= 0.6 is 11.8 Å². The van der Waals surface area contributed by atoms with Gasteiger partial charge in [0.2, 0.25) is 0 Å². The molecule has 0 heterocycles. The lowest BCUT2D eigenvalue weighted by Crippen LogP contribution is -2.20. The topological polar surface area (TPSA) is 29.4 Å². The molecule has 0 aromatic heterocycles. The molecule has 7 heteroatoms. The third-order valence-electron chi connectivity index (χ3n) is 2.25. The van der Waals surface area contributed by atoms with Gasteiger partial charge in [-0.25, -0.2) is 4.21 Å². The minimum absolute atomic E-state index is 0.117. The molecule has 0 bridgehead atoms. The van der Waals surface area contributed by atoms with Crippen molar-refractivity contribution in [3.8, 4) is 0 Å². The lowest BCUT2D eigenvalue weighted by Gasteiger charge is -2.14. The first-order chi connectivity index (χ1) is 8.99. The summed E-state index contributed by atoms with van der Waals surface area (Å²) in [6, 6.07) is 5.86. The molecule has 20 heavy (non-hydrogen) atoms. The van der Waals surface area contributed by atoms with Crippen LogP contribution in [0.5, 0.6) is 0 Å². The van der Waals surface area contributed by atoms with Crippen molar-refractivity contribution in [3.05, 3.63) is 29.8 Å². The van der Waals surface area contributed by atoms with E-state index in [9.17, 15) is 17.4 Å². The molecule has 0 amide bonds. The number of rotatable bonds is 3. The molecular formula is C13H16F3NOS2. The van der Waals surface area contributed by atoms with E-state index in [1.165, 1.54) is 12.1 Å². The summed E-state index contributed by atoms with van der Waals surface area (Å²) in [4.78, 5) is 0.117. The van der Waals surface area contributed by atoms with Crippen molar-refractivity contribution in [2.24, 2.45) is 4.40 Å². The maximum atomic E-state index is 12.2. The van der Waals surface area contributed by atoms with E-state index in [2.05, 4.69) is 4.40 Å². The Bertz CT molecular complexity index is 516.